The number of primary sulfonamides is 1. The Hall–Kier alpha value is -1.18. The number of benzene rings is 1. The van der Waals surface area contributed by atoms with Crippen molar-refractivity contribution in [3.05, 3.63) is 29.8 Å². The number of nitrogens with one attached hydrogen (secondary N) is 1. The van der Waals surface area contributed by atoms with Crippen LogP contribution in [0.15, 0.2) is 24.3 Å². The number of hydrogen-bond acceptors (Lipinski definition) is 4. The lowest BCUT2D eigenvalue weighted by atomic mass is 10.2. The second-order valence-electron chi connectivity index (χ2n) is 3.20. The molecule has 1 rings (SSSR count). The van der Waals surface area contributed by atoms with Gasteiger partial charge in [-0.3, -0.25) is 0 Å². The molecule has 0 heterocycles. The maximum Gasteiger partial charge on any atom is 0.210 e. The number of nitrogens with two attached hydrogens (primary N) is 2. The summed E-state index contributed by atoms with van der Waals surface area (Å²) in [4.78, 5) is 0.263. The smallest absolute Gasteiger partial charge is 0.210 e. The first-order chi connectivity index (χ1) is 7.40. The van der Waals surface area contributed by atoms with Crippen LogP contribution in [0, 0.1) is 0 Å². The maximum atomic E-state index is 10.7. The van der Waals surface area contributed by atoms with E-state index in [-0.39, 0.29) is 17.3 Å². The van der Waals surface area contributed by atoms with Gasteiger partial charge in [-0.15, -0.1) is 0 Å². The van der Waals surface area contributed by atoms with Gasteiger partial charge < -0.3 is 11.1 Å². The topological polar surface area (TPSA) is 98.2 Å². The fourth-order valence-corrected chi connectivity index (χ4v) is 1.74. The van der Waals surface area contributed by atoms with E-state index in [1.165, 1.54) is 0 Å². The Kier molecular flexibility index (Phi) is 4.22. The van der Waals surface area contributed by atoms with Crippen LogP contribution in [0.2, 0.25) is 0 Å². The van der Waals surface area contributed by atoms with E-state index in [1.807, 2.05) is 0 Å². The Morgan fingerprint density at radius 3 is 2.56 bits per heavy atom. The first-order valence-electron chi connectivity index (χ1n) is 4.53. The molecule has 0 saturated carbocycles. The quantitative estimate of drug-likeness (QED) is 0.648. The first kappa shape index (κ1) is 12.9. The standard InChI is InChI=1S/C9H13N3O2S2/c10-9(15)7-3-1-2-4-8(7)12-5-6-16(11,13)14/h1-4,12H,5-6H2,(H2,10,15)(H2,11,13,14). The van der Waals surface area contributed by atoms with Crippen LogP contribution in [0.5, 0.6) is 0 Å². The van der Waals surface area contributed by atoms with Gasteiger partial charge in [0.1, 0.15) is 4.99 Å². The van der Waals surface area contributed by atoms with E-state index in [4.69, 9.17) is 23.1 Å². The Morgan fingerprint density at radius 1 is 1.38 bits per heavy atom. The molecule has 0 aliphatic rings. The van der Waals surface area contributed by atoms with Gasteiger partial charge in [0.05, 0.1) is 5.75 Å². The molecule has 1 aromatic carbocycles. The summed E-state index contributed by atoms with van der Waals surface area (Å²) in [7, 11) is -3.45. The van der Waals surface area contributed by atoms with Crippen molar-refractivity contribution in [1.29, 1.82) is 0 Å². The molecule has 0 aliphatic carbocycles. The zero-order valence-corrected chi connectivity index (χ0v) is 10.1. The molecule has 0 aromatic heterocycles. The van der Waals surface area contributed by atoms with Crippen LogP contribution in [-0.2, 0) is 10.0 Å². The lowest BCUT2D eigenvalue weighted by Gasteiger charge is -2.10. The van der Waals surface area contributed by atoms with Gasteiger partial charge in [0.15, 0.2) is 0 Å². The summed E-state index contributed by atoms with van der Waals surface area (Å²) in [6, 6.07) is 7.15. The third kappa shape index (κ3) is 4.13. The first-order valence-corrected chi connectivity index (χ1v) is 6.66. The van der Waals surface area contributed by atoms with Gasteiger partial charge in [0.2, 0.25) is 10.0 Å². The summed E-state index contributed by atoms with van der Waals surface area (Å²) in [6.45, 7) is 0.221. The molecule has 0 aliphatic heterocycles. The van der Waals surface area contributed by atoms with Crippen molar-refractivity contribution in [1.82, 2.24) is 0 Å². The number of para-hydroxylation sites is 1. The van der Waals surface area contributed by atoms with Gasteiger partial charge in [-0.25, -0.2) is 13.6 Å². The number of thiocarbonyl (C=S) groups is 1. The monoisotopic (exact) mass is 259 g/mol. The van der Waals surface area contributed by atoms with E-state index in [2.05, 4.69) is 5.32 Å². The molecule has 1 aromatic rings. The fraction of sp³-hybridized carbons (Fsp3) is 0.222. The Morgan fingerprint density at radius 2 is 2.00 bits per heavy atom. The molecular weight excluding hydrogens is 246 g/mol. The van der Waals surface area contributed by atoms with Crippen molar-refractivity contribution >= 4 is 32.9 Å². The Labute approximate surface area is 99.9 Å². The SMILES string of the molecule is NC(=S)c1ccccc1NCCS(N)(=O)=O. The van der Waals surface area contributed by atoms with Crippen molar-refractivity contribution in [2.45, 2.75) is 0 Å². The highest BCUT2D eigenvalue weighted by atomic mass is 32.2. The molecule has 0 radical (unpaired) electrons. The van der Waals surface area contributed by atoms with Crippen LogP contribution in [0.25, 0.3) is 0 Å². The highest BCUT2D eigenvalue weighted by molar-refractivity contribution is 7.89. The maximum absolute atomic E-state index is 10.7. The molecule has 0 saturated heterocycles. The molecule has 0 unspecified atom stereocenters. The minimum absolute atomic E-state index is 0.140. The van der Waals surface area contributed by atoms with Gasteiger partial charge in [-0.1, -0.05) is 24.4 Å². The summed E-state index contributed by atoms with van der Waals surface area (Å²) in [5.74, 6) is -0.140. The number of hydrogen-bond donors (Lipinski definition) is 3. The van der Waals surface area contributed by atoms with E-state index >= 15 is 0 Å². The third-order valence-corrected chi connectivity index (χ3v) is 2.89. The molecular formula is C9H13N3O2S2. The van der Waals surface area contributed by atoms with Crippen molar-refractivity contribution < 1.29 is 8.42 Å². The van der Waals surface area contributed by atoms with Gasteiger partial charge in [-0.2, -0.15) is 0 Å². The van der Waals surface area contributed by atoms with E-state index in [1.54, 1.807) is 24.3 Å². The summed E-state index contributed by atoms with van der Waals surface area (Å²) < 4.78 is 21.5. The minimum atomic E-state index is -3.45. The molecule has 5 nitrogen and oxygen atoms in total. The van der Waals surface area contributed by atoms with Gasteiger partial charge in [0, 0.05) is 17.8 Å². The Balaban J connectivity index is 2.71. The summed E-state index contributed by atoms with van der Waals surface area (Å²) in [6.07, 6.45) is 0. The highest BCUT2D eigenvalue weighted by Gasteiger charge is 2.05. The molecule has 88 valence electrons. The zero-order chi connectivity index (χ0) is 12.2. The molecule has 16 heavy (non-hydrogen) atoms. The van der Waals surface area contributed by atoms with Gasteiger partial charge in [0.25, 0.3) is 0 Å². The molecule has 0 bridgehead atoms. The summed E-state index contributed by atoms with van der Waals surface area (Å²) in [5, 5.41) is 7.80. The van der Waals surface area contributed by atoms with Gasteiger partial charge in [-0.05, 0) is 12.1 Å². The van der Waals surface area contributed by atoms with Crippen molar-refractivity contribution in [2.24, 2.45) is 10.9 Å². The van der Waals surface area contributed by atoms with E-state index in [0.29, 0.717) is 11.3 Å². The summed E-state index contributed by atoms with van der Waals surface area (Å²) in [5.41, 5.74) is 6.91. The average molecular weight is 259 g/mol. The average Bonchev–Trinajstić information content (AvgIpc) is 2.16. The minimum Gasteiger partial charge on any atom is -0.389 e. The number of rotatable bonds is 5. The fourth-order valence-electron chi connectivity index (χ4n) is 1.18. The van der Waals surface area contributed by atoms with E-state index < -0.39 is 10.0 Å². The molecule has 0 atom stereocenters. The second kappa shape index (κ2) is 5.24. The zero-order valence-electron chi connectivity index (χ0n) is 8.51. The molecule has 0 spiro atoms. The summed E-state index contributed by atoms with van der Waals surface area (Å²) >= 11 is 4.87. The third-order valence-electron chi connectivity index (χ3n) is 1.89. The van der Waals surface area contributed by atoms with Crippen LogP contribution in [0.4, 0.5) is 5.69 Å². The highest BCUT2D eigenvalue weighted by Crippen LogP contribution is 2.14. The van der Waals surface area contributed by atoms with Crippen LogP contribution in [0.3, 0.4) is 0 Å². The lowest BCUT2D eigenvalue weighted by Crippen LogP contribution is -2.23. The van der Waals surface area contributed by atoms with E-state index in [0.717, 1.165) is 0 Å². The Bertz CT molecular complexity index is 485. The lowest BCUT2D eigenvalue weighted by molar-refractivity contribution is 0.598. The van der Waals surface area contributed by atoms with Crippen molar-refractivity contribution in [2.75, 3.05) is 17.6 Å². The van der Waals surface area contributed by atoms with Crippen molar-refractivity contribution in [3.63, 3.8) is 0 Å². The number of sulfonamides is 1. The second-order valence-corrected chi connectivity index (χ2v) is 5.38. The predicted octanol–water partition coefficient (Wildman–Crippen LogP) is 0.0212. The normalized spacial score (nSPS) is 11.1. The van der Waals surface area contributed by atoms with Crippen molar-refractivity contribution in [3.8, 4) is 0 Å². The van der Waals surface area contributed by atoms with Crippen LogP contribution < -0.4 is 16.2 Å². The van der Waals surface area contributed by atoms with E-state index in [9.17, 15) is 8.42 Å². The molecule has 7 heteroatoms. The molecule has 0 fully saturated rings. The molecule has 5 N–H and O–H groups in total. The van der Waals surface area contributed by atoms with Crippen LogP contribution in [0.1, 0.15) is 5.56 Å². The van der Waals surface area contributed by atoms with Gasteiger partial charge >= 0.3 is 0 Å². The molecule has 0 amide bonds. The number of anilines is 1. The predicted molar refractivity (Wildman–Crippen MR) is 68.8 cm³/mol. The van der Waals surface area contributed by atoms with Crippen LogP contribution in [-0.4, -0.2) is 25.7 Å². The largest absolute Gasteiger partial charge is 0.389 e. The van der Waals surface area contributed by atoms with Crippen LogP contribution >= 0.6 is 12.2 Å².